The number of likely N-dealkylation sites (N-methyl/N-ethyl adjacent to an activating group) is 2. The lowest BCUT2D eigenvalue weighted by Gasteiger charge is -2.08. The highest BCUT2D eigenvalue weighted by atomic mass is 19.1. The molecule has 28 heavy (non-hydrogen) atoms. The van der Waals surface area contributed by atoms with Gasteiger partial charge in [0.25, 0.3) is 11.8 Å². The van der Waals surface area contributed by atoms with Crippen molar-refractivity contribution >= 4 is 29.2 Å². The molecule has 0 radical (unpaired) electrons. The van der Waals surface area contributed by atoms with E-state index in [9.17, 15) is 14.0 Å². The van der Waals surface area contributed by atoms with Gasteiger partial charge >= 0.3 is 0 Å². The summed E-state index contributed by atoms with van der Waals surface area (Å²) in [6, 6.07) is 4.30. The molecule has 0 saturated heterocycles. The fraction of sp³-hybridized carbons (Fsp3) is 0.333. The molecule has 148 valence electrons. The molecule has 0 fully saturated rings. The number of hydrogen-bond donors (Lipinski definition) is 3. The normalized spacial score (nSPS) is 14.7. The first-order valence-electron chi connectivity index (χ1n) is 9.32. The lowest BCUT2D eigenvalue weighted by atomic mass is 10.0. The number of anilines is 1. The molecule has 2 heterocycles. The van der Waals surface area contributed by atoms with Crippen LogP contribution in [-0.4, -0.2) is 43.5 Å². The first kappa shape index (κ1) is 19.8. The van der Waals surface area contributed by atoms with Crippen LogP contribution in [0, 0.1) is 19.7 Å². The second-order valence-electron chi connectivity index (χ2n) is 6.86. The summed E-state index contributed by atoms with van der Waals surface area (Å²) in [6.07, 6.45) is 1.70. The van der Waals surface area contributed by atoms with Crippen molar-refractivity contribution in [3.8, 4) is 0 Å². The molecule has 1 aromatic carbocycles. The SMILES string of the molecule is CCNCCNC(=O)c1c(C)[nH]c(/C=C2\C(=O)N(C)c3ccc(F)cc32)c1C. The lowest BCUT2D eigenvalue weighted by molar-refractivity contribution is -0.112. The van der Waals surface area contributed by atoms with Gasteiger partial charge in [0.15, 0.2) is 0 Å². The number of benzene rings is 1. The van der Waals surface area contributed by atoms with Crippen LogP contribution in [0.3, 0.4) is 0 Å². The third-order valence-corrected chi connectivity index (χ3v) is 4.97. The summed E-state index contributed by atoms with van der Waals surface area (Å²) in [5.41, 5.74) is 4.34. The lowest BCUT2D eigenvalue weighted by Crippen LogP contribution is -2.32. The molecule has 0 aliphatic carbocycles. The van der Waals surface area contributed by atoms with Gasteiger partial charge in [-0.25, -0.2) is 4.39 Å². The molecule has 3 rings (SSSR count). The van der Waals surface area contributed by atoms with E-state index >= 15 is 0 Å². The number of carbonyl (C=O) groups excluding carboxylic acids is 2. The Morgan fingerprint density at radius 2 is 2.04 bits per heavy atom. The zero-order chi connectivity index (χ0) is 20.4. The van der Waals surface area contributed by atoms with E-state index in [1.807, 2.05) is 20.8 Å². The Kier molecular flexibility index (Phi) is 5.65. The number of amides is 2. The fourth-order valence-electron chi connectivity index (χ4n) is 3.49. The van der Waals surface area contributed by atoms with Crippen LogP contribution in [0.15, 0.2) is 18.2 Å². The van der Waals surface area contributed by atoms with Crippen molar-refractivity contribution in [1.29, 1.82) is 0 Å². The van der Waals surface area contributed by atoms with Crippen LogP contribution < -0.4 is 15.5 Å². The van der Waals surface area contributed by atoms with Gasteiger partial charge in [-0.05, 0) is 50.2 Å². The number of carbonyl (C=O) groups is 2. The number of rotatable bonds is 6. The van der Waals surface area contributed by atoms with Gasteiger partial charge in [0, 0.05) is 37.1 Å². The maximum Gasteiger partial charge on any atom is 0.258 e. The number of hydrogen-bond acceptors (Lipinski definition) is 3. The Balaban J connectivity index is 1.93. The van der Waals surface area contributed by atoms with Crippen molar-refractivity contribution in [2.45, 2.75) is 20.8 Å². The van der Waals surface area contributed by atoms with Gasteiger partial charge in [0.2, 0.25) is 0 Å². The van der Waals surface area contributed by atoms with Gasteiger partial charge in [0.1, 0.15) is 5.82 Å². The molecule has 6 nitrogen and oxygen atoms in total. The number of H-pyrrole nitrogens is 1. The average molecular weight is 384 g/mol. The van der Waals surface area contributed by atoms with E-state index in [2.05, 4.69) is 15.6 Å². The van der Waals surface area contributed by atoms with Gasteiger partial charge in [-0.15, -0.1) is 0 Å². The number of halogens is 1. The Hall–Kier alpha value is -2.93. The minimum absolute atomic E-state index is 0.157. The molecule has 0 saturated carbocycles. The first-order chi connectivity index (χ1) is 13.3. The van der Waals surface area contributed by atoms with E-state index in [-0.39, 0.29) is 11.8 Å². The molecule has 7 heteroatoms. The van der Waals surface area contributed by atoms with E-state index in [0.717, 1.165) is 17.8 Å². The fourth-order valence-corrected chi connectivity index (χ4v) is 3.49. The van der Waals surface area contributed by atoms with Crippen LogP contribution in [0.2, 0.25) is 0 Å². The maximum atomic E-state index is 13.7. The van der Waals surface area contributed by atoms with Crippen molar-refractivity contribution < 1.29 is 14.0 Å². The number of aromatic nitrogens is 1. The predicted molar refractivity (Wildman–Crippen MR) is 109 cm³/mol. The highest BCUT2D eigenvalue weighted by Crippen LogP contribution is 2.37. The quantitative estimate of drug-likeness (QED) is 0.529. The molecule has 1 aliphatic rings. The first-order valence-corrected chi connectivity index (χ1v) is 9.32. The predicted octanol–water partition coefficient (Wildman–Crippen LogP) is 2.63. The Morgan fingerprint density at radius 1 is 1.29 bits per heavy atom. The second-order valence-corrected chi connectivity index (χ2v) is 6.86. The summed E-state index contributed by atoms with van der Waals surface area (Å²) in [5, 5.41) is 6.05. The van der Waals surface area contributed by atoms with Crippen LogP contribution in [-0.2, 0) is 4.79 Å². The third-order valence-electron chi connectivity index (χ3n) is 4.97. The van der Waals surface area contributed by atoms with Crippen molar-refractivity contribution in [1.82, 2.24) is 15.6 Å². The van der Waals surface area contributed by atoms with Crippen LogP contribution in [0.25, 0.3) is 11.6 Å². The number of aryl methyl sites for hydroxylation is 1. The summed E-state index contributed by atoms with van der Waals surface area (Å²) < 4.78 is 13.7. The molecule has 0 unspecified atom stereocenters. The molecule has 0 bridgehead atoms. The van der Waals surface area contributed by atoms with Crippen LogP contribution in [0.5, 0.6) is 0 Å². The van der Waals surface area contributed by atoms with Crippen molar-refractivity contribution in [3.05, 3.63) is 52.1 Å². The van der Waals surface area contributed by atoms with E-state index in [4.69, 9.17) is 0 Å². The standard InChI is InChI=1S/C21H25FN4O2/c1-5-23-8-9-24-20(27)19-12(2)17(25-13(19)3)11-16-15-10-14(22)6-7-18(15)26(4)21(16)28/h6-7,10-11,23,25H,5,8-9H2,1-4H3,(H,24,27)/b16-11-. The summed E-state index contributed by atoms with van der Waals surface area (Å²) in [4.78, 5) is 29.9. The zero-order valence-corrected chi connectivity index (χ0v) is 16.6. The summed E-state index contributed by atoms with van der Waals surface area (Å²) >= 11 is 0. The Morgan fingerprint density at radius 3 is 2.75 bits per heavy atom. The second kappa shape index (κ2) is 7.98. The van der Waals surface area contributed by atoms with Gasteiger partial charge in [-0.3, -0.25) is 9.59 Å². The van der Waals surface area contributed by atoms with E-state index in [0.29, 0.717) is 41.2 Å². The van der Waals surface area contributed by atoms with E-state index in [1.165, 1.54) is 17.0 Å². The van der Waals surface area contributed by atoms with E-state index < -0.39 is 5.82 Å². The molecular weight excluding hydrogens is 359 g/mol. The van der Waals surface area contributed by atoms with Crippen LogP contribution in [0.4, 0.5) is 10.1 Å². The minimum atomic E-state index is -0.395. The maximum absolute atomic E-state index is 13.7. The number of fused-ring (bicyclic) bond motifs is 1. The van der Waals surface area contributed by atoms with Gasteiger partial charge < -0.3 is 20.5 Å². The average Bonchev–Trinajstić information content (AvgIpc) is 3.06. The van der Waals surface area contributed by atoms with Crippen molar-refractivity contribution in [2.24, 2.45) is 0 Å². The van der Waals surface area contributed by atoms with Crippen molar-refractivity contribution in [2.75, 3.05) is 31.6 Å². The molecule has 2 aromatic rings. The number of nitrogens with zero attached hydrogens (tertiary/aromatic N) is 1. The zero-order valence-electron chi connectivity index (χ0n) is 16.6. The van der Waals surface area contributed by atoms with Crippen LogP contribution in [0.1, 0.15) is 39.8 Å². The molecule has 0 spiro atoms. The largest absolute Gasteiger partial charge is 0.358 e. The summed E-state index contributed by atoms with van der Waals surface area (Å²) in [5.74, 6) is -0.757. The van der Waals surface area contributed by atoms with Crippen molar-refractivity contribution in [3.63, 3.8) is 0 Å². The van der Waals surface area contributed by atoms with Gasteiger partial charge in [0.05, 0.1) is 16.8 Å². The molecule has 0 atom stereocenters. The van der Waals surface area contributed by atoms with Crippen LogP contribution >= 0.6 is 0 Å². The molecule has 2 amide bonds. The third kappa shape index (κ3) is 3.57. The highest BCUT2D eigenvalue weighted by molar-refractivity contribution is 6.35. The molecular formula is C21H25FN4O2. The Bertz CT molecular complexity index is 962. The Labute approximate surface area is 163 Å². The monoisotopic (exact) mass is 384 g/mol. The molecule has 1 aliphatic heterocycles. The summed E-state index contributed by atoms with van der Waals surface area (Å²) in [6.45, 7) is 7.75. The highest BCUT2D eigenvalue weighted by Gasteiger charge is 2.30. The smallest absolute Gasteiger partial charge is 0.258 e. The molecule has 1 aromatic heterocycles. The van der Waals surface area contributed by atoms with E-state index in [1.54, 1.807) is 19.2 Å². The number of nitrogens with one attached hydrogen (secondary N) is 3. The number of aromatic amines is 1. The molecule has 3 N–H and O–H groups in total. The minimum Gasteiger partial charge on any atom is -0.358 e. The van der Waals surface area contributed by atoms with Gasteiger partial charge in [-0.2, -0.15) is 0 Å². The van der Waals surface area contributed by atoms with Gasteiger partial charge in [-0.1, -0.05) is 6.92 Å². The summed E-state index contributed by atoms with van der Waals surface area (Å²) in [7, 11) is 1.66. The topological polar surface area (TPSA) is 77.2 Å².